The fraction of sp³-hybridized carbons (Fsp3) is 0.0909. The number of amides is 1. The van der Waals surface area contributed by atoms with Gasteiger partial charge in [0, 0.05) is 18.7 Å². The Morgan fingerprint density at radius 2 is 1.88 bits per heavy atom. The molecule has 0 saturated carbocycles. The Morgan fingerprint density at radius 1 is 1.12 bits per heavy atom. The number of carbonyl (C=O) groups excluding carboxylic acids is 1. The SMILES string of the molecule is CC(=O)N(c1ccccc1Cl)c1onc(-c2cc(F)cc(C(F)(F)F)c2)c1-c1ccncn1. The van der Waals surface area contributed by atoms with Crippen LogP contribution in [0.4, 0.5) is 29.1 Å². The lowest BCUT2D eigenvalue weighted by Crippen LogP contribution is -2.23. The molecular weight excluding hydrogens is 464 g/mol. The molecule has 11 heteroatoms. The van der Waals surface area contributed by atoms with Gasteiger partial charge in [-0.15, -0.1) is 0 Å². The van der Waals surface area contributed by atoms with Crippen LogP contribution >= 0.6 is 11.6 Å². The van der Waals surface area contributed by atoms with Crippen molar-refractivity contribution in [3.05, 3.63) is 77.5 Å². The number of halogens is 5. The van der Waals surface area contributed by atoms with Crippen LogP contribution < -0.4 is 4.90 Å². The first-order valence-corrected chi connectivity index (χ1v) is 9.74. The highest BCUT2D eigenvalue weighted by Gasteiger charge is 2.34. The summed E-state index contributed by atoms with van der Waals surface area (Å²) in [7, 11) is 0. The van der Waals surface area contributed by atoms with Gasteiger partial charge >= 0.3 is 6.18 Å². The second-order valence-electron chi connectivity index (χ2n) is 6.84. The minimum atomic E-state index is -4.79. The molecule has 0 spiro atoms. The van der Waals surface area contributed by atoms with E-state index in [2.05, 4.69) is 15.1 Å². The lowest BCUT2D eigenvalue weighted by molar-refractivity contribution is -0.137. The molecule has 0 aliphatic heterocycles. The van der Waals surface area contributed by atoms with E-state index in [-0.39, 0.29) is 39.1 Å². The lowest BCUT2D eigenvalue weighted by atomic mass is 10.0. The maximum Gasteiger partial charge on any atom is 0.416 e. The lowest BCUT2D eigenvalue weighted by Gasteiger charge is -2.20. The maximum atomic E-state index is 14.1. The molecule has 0 unspecified atom stereocenters. The predicted octanol–water partition coefficient (Wildman–Crippen LogP) is 6.29. The van der Waals surface area contributed by atoms with Crippen LogP contribution in [-0.4, -0.2) is 21.0 Å². The molecule has 4 rings (SSSR count). The number of anilines is 2. The molecule has 168 valence electrons. The van der Waals surface area contributed by atoms with Crippen molar-refractivity contribution in [1.29, 1.82) is 0 Å². The average molecular weight is 477 g/mol. The average Bonchev–Trinajstić information content (AvgIpc) is 3.19. The molecule has 0 aliphatic carbocycles. The molecule has 1 amide bonds. The summed E-state index contributed by atoms with van der Waals surface area (Å²) in [5.74, 6) is -1.79. The summed E-state index contributed by atoms with van der Waals surface area (Å²) in [5, 5.41) is 4.09. The van der Waals surface area contributed by atoms with Gasteiger partial charge in [0.25, 0.3) is 0 Å². The number of carbonyl (C=O) groups is 1. The van der Waals surface area contributed by atoms with Crippen molar-refractivity contribution < 1.29 is 26.9 Å². The second-order valence-corrected chi connectivity index (χ2v) is 7.25. The molecule has 2 aromatic carbocycles. The number of benzene rings is 2. The van der Waals surface area contributed by atoms with E-state index in [0.29, 0.717) is 6.07 Å². The molecule has 0 bridgehead atoms. The van der Waals surface area contributed by atoms with E-state index in [1.807, 2.05) is 0 Å². The zero-order valence-electron chi connectivity index (χ0n) is 16.8. The van der Waals surface area contributed by atoms with Gasteiger partial charge in [-0.1, -0.05) is 28.9 Å². The van der Waals surface area contributed by atoms with Gasteiger partial charge in [0.1, 0.15) is 17.8 Å². The standard InChI is InChI=1S/C22H13ClF4N4O2/c1-12(32)31(18-5-3-2-4-16(18)23)21-19(17-6-7-28-11-29-17)20(30-33-21)13-8-14(22(25,26)27)10-15(24)9-13/h2-11H,1H3. The number of nitrogens with zero attached hydrogens (tertiary/aromatic N) is 4. The summed E-state index contributed by atoms with van der Waals surface area (Å²) < 4.78 is 59.4. The van der Waals surface area contributed by atoms with Crippen LogP contribution in [-0.2, 0) is 11.0 Å². The minimum absolute atomic E-state index is 0.0613. The molecule has 0 fully saturated rings. The monoisotopic (exact) mass is 476 g/mol. The van der Waals surface area contributed by atoms with Gasteiger partial charge in [-0.05, 0) is 36.4 Å². The van der Waals surface area contributed by atoms with Crippen molar-refractivity contribution >= 4 is 29.1 Å². The smallest absolute Gasteiger partial charge is 0.336 e. The van der Waals surface area contributed by atoms with E-state index in [0.717, 1.165) is 17.0 Å². The van der Waals surface area contributed by atoms with E-state index < -0.39 is 23.5 Å². The van der Waals surface area contributed by atoms with Crippen molar-refractivity contribution in [1.82, 2.24) is 15.1 Å². The Morgan fingerprint density at radius 3 is 2.52 bits per heavy atom. The van der Waals surface area contributed by atoms with Crippen molar-refractivity contribution in [2.45, 2.75) is 13.1 Å². The molecule has 2 heterocycles. The zero-order chi connectivity index (χ0) is 23.8. The largest absolute Gasteiger partial charge is 0.416 e. The summed E-state index contributed by atoms with van der Waals surface area (Å²) in [4.78, 5) is 21.7. The van der Waals surface area contributed by atoms with Gasteiger partial charge in [-0.3, -0.25) is 4.79 Å². The Balaban J connectivity index is 2.00. The number of hydrogen-bond acceptors (Lipinski definition) is 5. The van der Waals surface area contributed by atoms with Crippen LogP contribution in [0.25, 0.3) is 22.5 Å². The van der Waals surface area contributed by atoms with Gasteiger partial charge in [0.05, 0.1) is 27.5 Å². The fourth-order valence-electron chi connectivity index (χ4n) is 3.25. The van der Waals surface area contributed by atoms with Crippen LogP contribution in [0.3, 0.4) is 0 Å². The fourth-order valence-corrected chi connectivity index (χ4v) is 3.47. The Bertz CT molecular complexity index is 1330. The third-order valence-electron chi connectivity index (χ3n) is 4.62. The van der Waals surface area contributed by atoms with E-state index >= 15 is 0 Å². The summed E-state index contributed by atoms with van der Waals surface area (Å²) in [6, 6.07) is 9.86. The molecule has 0 atom stereocenters. The Labute approximate surface area is 189 Å². The summed E-state index contributed by atoms with van der Waals surface area (Å²) in [6.07, 6.45) is -2.19. The first kappa shape index (κ1) is 22.4. The molecule has 0 N–H and O–H groups in total. The summed E-state index contributed by atoms with van der Waals surface area (Å²) >= 11 is 6.27. The number of hydrogen-bond donors (Lipinski definition) is 0. The number of aromatic nitrogens is 3. The molecule has 6 nitrogen and oxygen atoms in total. The van der Waals surface area contributed by atoms with Crippen molar-refractivity contribution in [2.75, 3.05) is 4.90 Å². The second kappa shape index (κ2) is 8.62. The van der Waals surface area contributed by atoms with Gasteiger partial charge in [0.15, 0.2) is 0 Å². The number of para-hydroxylation sites is 1. The molecular formula is C22H13ClF4N4O2. The highest BCUT2D eigenvalue weighted by atomic mass is 35.5. The van der Waals surface area contributed by atoms with Crippen molar-refractivity contribution in [3.63, 3.8) is 0 Å². The first-order valence-electron chi connectivity index (χ1n) is 9.36. The van der Waals surface area contributed by atoms with Crippen molar-refractivity contribution in [3.8, 4) is 22.5 Å². The van der Waals surface area contributed by atoms with Crippen LogP contribution in [0.15, 0.2) is 65.6 Å². The molecule has 2 aromatic heterocycles. The van der Waals surface area contributed by atoms with Crippen LogP contribution in [0, 0.1) is 5.82 Å². The van der Waals surface area contributed by atoms with Gasteiger partial charge in [0.2, 0.25) is 11.8 Å². The van der Waals surface area contributed by atoms with E-state index in [4.69, 9.17) is 16.1 Å². The number of rotatable bonds is 4. The predicted molar refractivity (Wildman–Crippen MR) is 112 cm³/mol. The van der Waals surface area contributed by atoms with E-state index in [1.54, 1.807) is 24.3 Å². The van der Waals surface area contributed by atoms with Gasteiger partial charge in [-0.25, -0.2) is 19.3 Å². The van der Waals surface area contributed by atoms with Crippen LogP contribution in [0.5, 0.6) is 0 Å². The Hall–Kier alpha value is -3.79. The van der Waals surface area contributed by atoms with Gasteiger partial charge < -0.3 is 4.52 Å². The van der Waals surface area contributed by atoms with Crippen LogP contribution in [0.2, 0.25) is 5.02 Å². The summed E-state index contributed by atoms with van der Waals surface area (Å²) in [6.45, 7) is 1.25. The topological polar surface area (TPSA) is 72.1 Å². The molecule has 4 aromatic rings. The normalized spacial score (nSPS) is 11.5. The highest BCUT2D eigenvalue weighted by Crippen LogP contribution is 2.44. The third-order valence-corrected chi connectivity index (χ3v) is 4.94. The highest BCUT2D eigenvalue weighted by molar-refractivity contribution is 6.34. The summed E-state index contributed by atoms with van der Waals surface area (Å²) in [5.41, 5.74) is -1.07. The zero-order valence-corrected chi connectivity index (χ0v) is 17.5. The van der Waals surface area contributed by atoms with Crippen LogP contribution in [0.1, 0.15) is 12.5 Å². The van der Waals surface area contributed by atoms with Gasteiger partial charge in [-0.2, -0.15) is 13.2 Å². The van der Waals surface area contributed by atoms with E-state index in [9.17, 15) is 22.4 Å². The number of alkyl halides is 3. The Kier molecular flexibility index (Phi) is 5.86. The molecule has 0 aliphatic rings. The minimum Gasteiger partial charge on any atom is -0.336 e. The first-order chi connectivity index (χ1) is 15.7. The quantitative estimate of drug-likeness (QED) is 0.323. The molecule has 0 radical (unpaired) electrons. The van der Waals surface area contributed by atoms with E-state index in [1.165, 1.54) is 25.5 Å². The third kappa shape index (κ3) is 4.42. The molecule has 0 saturated heterocycles. The maximum absolute atomic E-state index is 14.1. The van der Waals surface area contributed by atoms with Crippen molar-refractivity contribution in [2.24, 2.45) is 0 Å². The molecule has 33 heavy (non-hydrogen) atoms.